The van der Waals surface area contributed by atoms with Crippen molar-refractivity contribution in [2.75, 3.05) is 0 Å². The van der Waals surface area contributed by atoms with Gasteiger partial charge < -0.3 is 5.11 Å². The average Bonchev–Trinajstić information content (AvgIpc) is 2.84. The first-order chi connectivity index (χ1) is 10.5. The molecule has 0 unspecified atom stereocenters. The average molecular weight is 298 g/mol. The van der Waals surface area contributed by atoms with Crippen LogP contribution in [-0.4, -0.2) is 10.9 Å². The zero-order valence-corrected chi connectivity index (χ0v) is 13.6. The number of rotatable bonds is 1. The Bertz CT molecular complexity index is 620. The Hall–Kier alpha value is -1.31. The van der Waals surface area contributed by atoms with Crippen LogP contribution in [0.5, 0.6) is 5.75 Å². The minimum Gasteiger partial charge on any atom is -0.508 e. The van der Waals surface area contributed by atoms with E-state index in [-0.39, 0.29) is 5.41 Å². The van der Waals surface area contributed by atoms with E-state index in [4.69, 9.17) is 0 Å². The smallest absolute Gasteiger partial charge is 0.133 e. The lowest BCUT2D eigenvalue weighted by molar-refractivity contribution is -0.125. The van der Waals surface area contributed by atoms with Gasteiger partial charge in [-0.15, -0.1) is 0 Å². The summed E-state index contributed by atoms with van der Waals surface area (Å²) in [5.41, 5.74) is 3.06. The molecule has 0 aromatic heterocycles. The molecule has 1 aromatic carbocycles. The lowest BCUT2D eigenvalue weighted by atomic mass is 9.54. The van der Waals surface area contributed by atoms with Crippen molar-refractivity contribution in [2.24, 2.45) is 23.2 Å². The van der Waals surface area contributed by atoms with Crippen LogP contribution in [0.25, 0.3) is 0 Å². The number of carbonyl (C=O) groups excluding carboxylic acids is 1. The van der Waals surface area contributed by atoms with Crippen LogP contribution in [0, 0.1) is 23.2 Å². The van der Waals surface area contributed by atoms with Gasteiger partial charge in [-0.05, 0) is 91.9 Å². The molecule has 2 saturated carbocycles. The lowest BCUT2D eigenvalue weighted by Crippen LogP contribution is -2.43. The van der Waals surface area contributed by atoms with Crippen LogP contribution in [0.1, 0.15) is 63.0 Å². The molecular formula is C20H26O2. The summed E-state index contributed by atoms with van der Waals surface area (Å²) in [4.78, 5) is 12.1. The van der Waals surface area contributed by atoms with E-state index in [0.717, 1.165) is 18.8 Å². The molecule has 3 aliphatic rings. The topological polar surface area (TPSA) is 37.3 Å². The van der Waals surface area contributed by atoms with Gasteiger partial charge in [0.1, 0.15) is 11.5 Å². The van der Waals surface area contributed by atoms with Gasteiger partial charge in [0.15, 0.2) is 0 Å². The SMILES string of the molecule is CC(=O)[C@@H]1CC[C@@H]2[C@H]3CCc4cc(O)ccc4[C@@H]3CC[C@@]21C. The summed E-state index contributed by atoms with van der Waals surface area (Å²) in [5.74, 6) is 3.19. The second kappa shape index (κ2) is 4.84. The normalized spacial score (nSPS) is 39.7. The molecule has 0 saturated heterocycles. The maximum absolute atomic E-state index is 12.1. The Morgan fingerprint density at radius 3 is 2.82 bits per heavy atom. The van der Waals surface area contributed by atoms with Gasteiger partial charge in [0, 0.05) is 5.92 Å². The van der Waals surface area contributed by atoms with Crippen LogP contribution in [0.2, 0.25) is 0 Å². The fraction of sp³-hybridized carbons (Fsp3) is 0.650. The summed E-state index contributed by atoms with van der Waals surface area (Å²) in [6.45, 7) is 4.18. The second-order valence-corrected chi connectivity index (χ2v) is 8.08. The van der Waals surface area contributed by atoms with Crippen molar-refractivity contribution >= 4 is 5.78 Å². The number of fused-ring (bicyclic) bond motifs is 5. The molecule has 0 spiro atoms. The van der Waals surface area contributed by atoms with Crippen LogP contribution in [-0.2, 0) is 11.2 Å². The molecule has 0 aliphatic heterocycles. The zero-order chi connectivity index (χ0) is 15.5. The fourth-order valence-corrected chi connectivity index (χ4v) is 6.24. The summed E-state index contributed by atoms with van der Waals surface area (Å²) in [7, 11) is 0. The third-order valence-corrected chi connectivity index (χ3v) is 7.20. The summed E-state index contributed by atoms with van der Waals surface area (Å²) < 4.78 is 0. The molecule has 1 N–H and O–H groups in total. The van der Waals surface area contributed by atoms with Gasteiger partial charge in [-0.3, -0.25) is 4.79 Å². The Morgan fingerprint density at radius 2 is 2.05 bits per heavy atom. The van der Waals surface area contributed by atoms with Gasteiger partial charge in [-0.25, -0.2) is 0 Å². The number of Topliss-reactive ketones (excluding diaryl/α,β-unsaturated/α-hetero) is 1. The number of aromatic hydroxyl groups is 1. The molecule has 118 valence electrons. The van der Waals surface area contributed by atoms with Gasteiger partial charge in [-0.1, -0.05) is 13.0 Å². The highest BCUT2D eigenvalue weighted by Gasteiger charge is 2.55. The first kappa shape index (κ1) is 14.3. The number of aryl methyl sites for hydroxylation is 1. The van der Waals surface area contributed by atoms with Crippen LogP contribution in [0.4, 0.5) is 0 Å². The molecule has 5 atom stereocenters. The third kappa shape index (κ3) is 1.89. The lowest BCUT2D eigenvalue weighted by Gasteiger charge is -2.50. The van der Waals surface area contributed by atoms with Crippen molar-refractivity contribution in [3.8, 4) is 5.75 Å². The van der Waals surface area contributed by atoms with Crippen LogP contribution >= 0.6 is 0 Å². The molecule has 0 heterocycles. The Labute approximate surface area is 132 Å². The number of hydrogen-bond donors (Lipinski definition) is 1. The molecule has 0 amide bonds. The zero-order valence-electron chi connectivity index (χ0n) is 13.6. The summed E-state index contributed by atoms with van der Waals surface area (Å²) in [6, 6.07) is 5.97. The standard InChI is InChI=1S/C20H26O2/c1-12(21)18-7-8-19-17-5-3-13-11-14(22)4-6-15(13)16(17)9-10-20(18,19)2/h4,6,11,16-19,22H,3,5,7-10H2,1-2H3/t16-,17-,18-,19+,20+/m0/s1. The number of phenolic OH excluding ortho intramolecular Hbond substituents is 1. The van der Waals surface area contributed by atoms with Crippen molar-refractivity contribution < 1.29 is 9.90 Å². The quantitative estimate of drug-likeness (QED) is 0.831. The van der Waals surface area contributed by atoms with Gasteiger partial charge in [0.25, 0.3) is 0 Å². The maximum atomic E-state index is 12.1. The number of phenols is 1. The van der Waals surface area contributed by atoms with Crippen molar-refractivity contribution in [2.45, 2.75) is 58.3 Å². The highest BCUT2D eigenvalue weighted by molar-refractivity contribution is 5.79. The molecule has 2 nitrogen and oxygen atoms in total. The monoisotopic (exact) mass is 298 g/mol. The molecule has 2 heteroatoms. The van der Waals surface area contributed by atoms with E-state index in [0.29, 0.717) is 29.3 Å². The van der Waals surface area contributed by atoms with E-state index in [1.807, 2.05) is 12.1 Å². The van der Waals surface area contributed by atoms with E-state index in [2.05, 4.69) is 13.0 Å². The maximum Gasteiger partial charge on any atom is 0.133 e. The van der Waals surface area contributed by atoms with E-state index in [9.17, 15) is 9.90 Å². The predicted octanol–water partition coefficient (Wildman–Crippen LogP) is 4.45. The first-order valence-corrected chi connectivity index (χ1v) is 8.83. The van der Waals surface area contributed by atoms with Crippen molar-refractivity contribution in [1.82, 2.24) is 0 Å². The summed E-state index contributed by atoms with van der Waals surface area (Å²) in [6.07, 6.45) is 7.04. The number of benzene rings is 1. The first-order valence-electron chi connectivity index (χ1n) is 8.83. The predicted molar refractivity (Wildman–Crippen MR) is 86.9 cm³/mol. The minimum atomic E-state index is 0.238. The molecule has 4 rings (SSSR count). The minimum absolute atomic E-state index is 0.238. The highest BCUT2D eigenvalue weighted by atomic mass is 16.3. The van der Waals surface area contributed by atoms with Crippen molar-refractivity contribution in [3.63, 3.8) is 0 Å². The molecule has 3 aliphatic carbocycles. The van der Waals surface area contributed by atoms with Crippen LogP contribution < -0.4 is 0 Å². The van der Waals surface area contributed by atoms with E-state index >= 15 is 0 Å². The molecular weight excluding hydrogens is 272 g/mol. The van der Waals surface area contributed by atoms with E-state index in [1.165, 1.54) is 36.8 Å². The van der Waals surface area contributed by atoms with Gasteiger partial charge in [0.05, 0.1) is 0 Å². The Morgan fingerprint density at radius 1 is 1.23 bits per heavy atom. The summed E-state index contributed by atoms with van der Waals surface area (Å²) in [5, 5.41) is 9.73. The van der Waals surface area contributed by atoms with Crippen LogP contribution in [0.15, 0.2) is 18.2 Å². The molecule has 0 radical (unpaired) electrons. The molecule has 1 aromatic rings. The fourth-order valence-electron chi connectivity index (χ4n) is 6.24. The number of hydrogen-bond acceptors (Lipinski definition) is 2. The number of ketones is 1. The third-order valence-electron chi connectivity index (χ3n) is 7.20. The van der Waals surface area contributed by atoms with Gasteiger partial charge in [-0.2, -0.15) is 0 Å². The second-order valence-electron chi connectivity index (χ2n) is 8.08. The Kier molecular flexibility index (Phi) is 3.15. The van der Waals surface area contributed by atoms with E-state index < -0.39 is 0 Å². The van der Waals surface area contributed by atoms with Gasteiger partial charge >= 0.3 is 0 Å². The van der Waals surface area contributed by atoms with Crippen molar-refractivity contribution in [3.05, 3.63) is 29.3 Å². The van der Waals surface area contributed by atoms with E-state index in [1.54, 1.807) is 6.92 Å². The van der Waals surface area contributed by atoms with Gasteiger partial charge in [0.2, 0.25) is 0 Å². The highest BCUT2D eigenvalue weighted by Crippen LogP contribution is 2.63. The van der Waals surface area contributed by atoms with Crippen molar-refractivity contribution in [1.29, 1.82) is 0 Å². The Balaban J connectivity index is 1.69. The molecule has 0 bridgehead atoms. The molecule has 22 heavy (non-hydrogen) atoms. The molecule has 2 fully saturated rings. The summed E-state index contributed by atoms with van der Waals surface area (Å²) >= 11 is 0. The van der Waals surface area contributed by atoms with Crippen LogP contribution in [0.3, 0.4) is 0 Å². The number of carbonyl (C=O) groups is 1. The largest absolute Gasteiger partial charge is 0.508 e.